The molecule has 0 radical (unpaired) electrons. The van der Waals surface area contributed by atoms with Crippen LogP contribution in [0.3, 0.4) is 0 Å². The van der Waals surface area contributed by atoms with E-state index in [4.69, 9.17) is 14.6 Å². The Balaban J connectivity index is -0.000000394. The number of rotatable bonds is 13. The van der Waals surface area contributed by atoms with Gasteiger partial charge < -0.3 is 24.1 Å². The van der Waals surface area contributed by atoms with Crippen LogP contribution in [-0.2, 0) is 33.3 Å². The summed E-state index contributed by atoms with van der Waals surface area (Å²) < 4.78 is 42.8. The van der Waals surface area contributed by atoms with Crippen molar-refractivity contribution in [3.8, 4) is 0 Å². The molecule has 10 heteroatoms. The van der Waals surface area contributed by atoms with Gasteiger partial charge in [0.05, 0.1) is 14.2 Å². The summed E-state index contributed by atoms with van der Waals surface area (Å²) in [6, 6.07) is 0. The predicted octanol–water partition coefficient (Wildman–Crippen LogP) is 4.14. The number of unbranched alkanes of at least 4 members (excludes halogenated alkanes) is 3. The van der Waals surface area contributed by atoms with E-state index in [1.54, 1.807) is 14.2 Å². The number of aliphatic carboxylic acids is 1. The summed E-state index contributed by atoms with van der Waals surface area (Å²) in [6.07, 6.45) is 6.84. The highest BCUT2D eigenvalue weighted by Crippen LogP contribution is 2.03. The average Bonchev–Trinajstić information content (AvgIpc) is 2.76. The quantitative estimate of drug-likeness (QED) is 0.251. The fraction of sp³-hybridized carbons (Fsp3) is 0.667. The van der Waals surface area contributed by atoms with E-state index in [0.29, 0.717) is 19.4 Å². The molecule has 0 unspecified atom stereocenters. The molecule has 0 aromatic heterocycles. The topological polar surface area (TPSA) is 108 Å². The van der Waals surface area contributed by atoms with Gasteiger partial charge in [0.2, 0.25) is 11.7 Å². The van der Waals surface area contributed by atoms with Crippen molar-refractivity contribution in [3.63, 3.8) is 0 Å². The Morgan fingerprint density at radius 2 is 1.23 bits per heavy atom. The largest absolute Gasteiger partial charge is 0.481 e. The van der Waals surface area contributed by atoms with Crippen molar-refractivity contribution >= 4 is 17.9 Å². The molecule has 8 nitrogen and oxygen atoms in total. The van der Waals surface area contributed by atoms with E-state index in [0.717, 1.165) is 26.9 Å². The van der Waals surface area contributed by atoms with Crippen LogP contribution >= 0.6 is 0 Å². The van der Waals surface area contributed by atoms with Gasteiger partial charge in [-0.2, -0.15) is 8.78 Å². The van der Waals surface area contributed by atoms with Gasteiger partial charge in [-0.3, -0.25) is 4.79 Å². The van der Waals surface area contributed by atoms with Gasteiger partial charge in [-0.15, -0.1) is 0 Å². The summed E-state index contributed by atoms with van der Waals surface area (Å²) in [5.41, 5.74) is 0. The van der Waals surface area contributed by atoms with Crippen molar-refractivity contribution in [2.45, 2.75) is 51.9 Å². The van der Waals surface area contributed by atoms with Gasteiger partial charge in [0, 0.05) is 33.9 Å². The standard InChI is InChI=1S/C8H13FO3.C7H9FO4.C6H14O/c1-11-6-4-3-5-7(9)8(10)12-2;1-12-7(11)5(8)3-2-4-6(9)10;1-3-4-5-6-7-2/h5H,3-4,6H2,1-2H3;3H,2,4H2,1H3,(H,9,10);3-6H2,1-2H3/b7-5-;5-3-;. The summed E-state index contributed by atoms with van der Waals surface area (Å²) in [6.45, 7) is 3.68. The number of hydrogen-bond donors (Lipinski definition) is 1. The minimum absolute atomic E-state index is 0.0176. The fourth-order valence-electron chi connectivity index (χ4n) is 1.64. The maximum atomic E-state index is 12.6. The van der Waals surface area contributed by atoms with E-state index in [2.05, 4.69) is 16.4 Å². The molecule has 1 N–H and O–H groups in total. The molecule has 0 spiro atoms. The number of methoxy groups -OCH3 is 4. The highest BCUT2D eigenvalue weighted by Gasteiger charge is 2.07. The SMILES string of the molecule is CCCCCOC.COC(=O)/C(F)=C/CCC(=O)O.COCCC/C=C(\F)C(=O)OC. The third-order valence-corrected chi connectivity index (χ3v) is 3.27. The van der Waals surface area contributed by atoms with Crippen molar-refractivity contribution in [2.75, 3.05) is 41.7 Å². The van der Waals surface area contributed by atoms with E-state index in [9.17, 15) is 23.2 Å². The lowest BCUT2D eigenvalue weighted by Gasteiger charge is -1.95. The van der Waals surface area contributed by atoms with Crippen molar-refractivity contribution < 1.29 is 47.2 Å². The predicted molar refractivity (Wildman–Crippen MR) is 112 cm³/mol. The number of hydrogen-bond acceptors (Lipinski definition) is 7. The molecule has 0 bridgehead atoms. The number of allylic oxidation sites excluding steroid dienone is 2. The first-order valence-corrected chi connectivity index (χ1v) is 9.79. The number of carbonyl (C=O) groups excluding carboxylic acids is 2. The minimum Gasteiger partial charge on any atom is -0.481 e. The molecule has 0 aromatic rings. The Labute approximate surface area is 183 Å². The monoisotopic (exact) mass is 454 g/mol. The molecule has 0 saturated heterocycles. The molecule has 0 aromatic carbocycles. The zero-order valence-electron chi connectivity index (χ0n) is 19.1. The van der Waals surface area contributed by atoms with E-state index in [1.165, 1.54) is 25.3 Å². The molecular formula is C21H36F2O8. The van der Waals surface area contributed by atoms with E-state index >= 15 is 0 Å². The van der Waals surface area contributed by atoms with Crippen LogP contribution in [0.5, 0.6) is 0 Å². The van der Waals surface area contributed by atoms with Gasteiger partial charge in [-0.25, -0.2) is 9.59 Å². The summed E-state index contributed by atoms with van der Waals surface area (Å²) in [5.74, 6) is -4.94. The summed E-state index contributed by atoms with van der Waals surface area (Å²) in [4.78, 5) is 30.8. The lowest BCUT2D eigenvalue weighted by molar-refractivity contribution is -0.138. The maximum absolute atomic E-state index is 12.6. The second-order valence-corrected chi connectivity index (χ2v) is 5.85. The number of carbonyl (C=O) groups is 3. The molecule has 31 heavy (non-hydrogen) atoms. The minimum atomic E-state index is -1.08. The van der Waals surface area contributed by atoms with E-state index in [-0.39, 0.29) is 12.8 Å². The third kappa shape index (κ3) is 27.7. The molecule has 0 rings (SSSR count). The van der Waals surface area contributed by atoms with Gasteiger partial charge in [0.25, 0.3) is 0 Å². The lowest BCUT2D eigenvalue weighted by atomic mass is 10.3. The summed E-state index contributed by atoms with van der Waals surface area (Å²) in [5, 5.41) is 8.15. The fourth-order valence-corrected chi connectivity index (χ4v) is 1.64. The first-order valence-electron chi connectivity index (χ1n) is 9.79. The highest BCUT2D eigenvalue weighted by molar-refractivity contribution is 5.86. The highest BCUT2D eigenvalue weighted by atomic mass is 19.1. The van der Waals surface area contributed by atoms with Crippen molar-refractivity contribution in [1.82, 2.24) is 0 Å². The molecule has 182 valence electrons. The first kappa shape index (κ1) is 33.3. The number of ether oxygens (including phenoxy) is 4. The smallest absolute Gasteiger partial charge is 0.366 e. The summed E-state index contributed by atoms with van der Waals surface area (Å²) in [7, 11) is 5.51. The molecule has 0 atom stereocenters. The lowest BCUT2D eigenvalue weighted by Crippen LogP contribution is -2.00. The molecule has 0 fully saturated rings. The van der Waals surface area contributed by atoms with Crippen LogP contribution in [0.25, 0.3) is 0 Å². The number of carboxylic acid groups (broad SMARTS) is 1. The zero-order valence-corrected chi connectivity index (χ0v) is 19.1. The van der Waals surface area contributed by atoms with Crippen molar-refractivity contribution in [2.24, 2.45) is 0 Å². The Kier molecular flexibility index (Phi) is 27.6. The second-order valence-electron chi connectivity index (χ2n) is 5.85. The molecule has 0 saturated carbocycles. The molecule has 0 aliphatic rings. The Morgan fingerprint density at radius 3 is 1.61 bits per heavy atom. The second kappa shape index (κ2) is 25.7. The normalized spacial score (nSPS) is 10.8. The van der Waals surface area contributed by atoms with E-state index in [1.807, 2.05) is 0 Å². The van der Waals surface area contributed by atoms with Gasteiger partial charge in [0.1, 0.15) is 0 Å². The van der Waals surface area contributed by atoms with Crippen LogP contribution < -0.4 is 0 Å². The van der Waals surface area contributed by atoms with Crippen LogP contribution in [0, 0.1) is 0 Å². The van der Waals surface area contributed by atoms with Gasteiger partial charge in [-0.1, -0.05) is 19.8 Å². The Bertz CT molecular complexity index is 529. The van der Waals surface area contributed by atoms with Crippen LogP contribution in [0.4, 0.5) is 8.78 Å². The maximum Gasteiger partial charge on any atom is 0.366 e. The van der Waals surface area contributed by atoms with Crippen molar-refractivity contribution in [1.29, 1.82) is 0 Å². The number of carboxylic acids is 1. The number of esters is 2. The van der Waals surface area contributed by atoms with Gasteiger partial charge in [-0.05, 0) is 37.8 Å². The van der Waals surface area contributed by atoms with Gasteiger partial charge in [0.15, 0.2) is 0 Å². The molecule has 0 aliphatic carbocycles. The number of halogens is 2. The van der Waals surface area contributed by atoms with Crippen LogP contribution in [-0.4, -0.2) is 64.7 Å². The van der Waals surface area contributed by atoms with Gasteiger partial charge >= 0.3 is 17.9 Å². The van der Waals surface area contributed by atoms with Crippen LogP contribution in [0.1, 0.15) is 51.9 Å². The van der Waals surface area contributed by atoms with Crippen molar-refractivity contribution in [3.05, 3.63) is 23.8 Å². The molecule has 0 aliphatic heterocycles. The average molecular weight is 455 g/mol. The zero-order chi connectivity index (χ0) is 24.5. The summed E-state index contributed by atoms with van der Waals surface area (Å²) >= 11 is 0. The Hall–Kier alpha value is -2.33. The van der Waals surface area contributed by atoms with E-state index < -0.39 is 29.6 Å². The third-order valence-electron chi connectivity index (χ3n) is 3.27. The molecular weight excluding hydrogens is 418 g/mol. The van der Waals surface area contributed by atoms with Crippen LogP contribution in [0.2, 0.25) is 0 Å². The Morgan fingerprint density at radius 1 is 0.774 bits per heavy atom. The first-order chi connectivity index (χ1) is 14.7. The van der Waals surface area contributed by atoms with Crippen LogP contribution in [0.15, 0.2) is 23.8 Å². The molecule has 0 amide bonds. The molecule has 0 heterocycles.